The summed E-state index contributed by atoms with van der Waals surface area (Å²) in [4.78, 5) is 28.6. The number of methoxy groups -OCH3 is 1. The first-order valence-electron chi connectivity index (χ1n) is 9.11. The first-order valence-corrected chi connectivity index (χ1v) is 9.11. The summed E-state index contributed by atoms with van der Waals surface area (Å²) in [5.74, 6) is -0.544. The second-order valence-corrected chi connectivity index (χ2v) is 7.08. The van der Waals surface area contributed by atoms with Crippen LogP contribution in [0.15, 0.2) is 43.0 Å². The predicted octanol–water partition coefficient (Wildman–Crippen LogP) is 2.02. The summed E-state index contributed by atoms with van der Waals surface area (Å²) in [6, 6.07) is 7.69. The van der Waals surface area contributed by atoms with E-state index in [1.54, 1.807) is 28.0 Å². The van der Waals surface area contributed by atoms with Crippen molar-refractivity contribution in [1.82, 2.24) is 19.6 Å². The van der Waals surface area contributed by atoms with Crippen molar-refractivity contribution in [1.29, 1.82) is 0 Å². The molecule has 1 aromatic heterocycles. The van der Waals surface area contributed by atoms with Crippen LogP contribution in [0.5, 0.6) is 5.88 Å². The molecule has 146 valence electrons. The van der Waals surface area contributed by atoms with Gasteiger partial charge in [-0.15, -0.1) is 0 Å². The summed E-state index contributed by atoms with van der Waals surface area (Å²) >= 11 is 0. The number of para-hydroxylation sites is 1. The average molecular weight is 384 g/mol. The maximum Gasteiger partial charge on any atom is 0.275 e. The fraction of sp³-hybridized carbons (Fsp3) is 0.350. The standard InChI is InChI=1S/C20H21FN4O3/c1-3-17(26)23-10-11-24(20(13-23)8-9-20)19(27)15-12-18(28-2)25(22-15)16-7-5-4-6-14(16)21/h3-7,12H,1,8-11,13H2,2H3. The normalized spacial score (nSPS) is 17.5. The Hall–Kier alpha value is -3.16. The molecule has 2 heterocycles. The van der Waals surface area contributed by atoms with Crippen molar-refractivity contribution in [3.05, 3.63) is 54.5 Å². The summed E-state index contributed by atoms with van der Waals surface area (Å²) in [6.45, 7) is 4.90. The van der Waals surface area contributed by atoms with E-state index in [0.29, 0.717) is 19.6 Å². The van der Waals surface area contributed by atoms with Crippen LogP contribution in [0, 0.1) is 5.82 Å². The van der Waals surface area contributed by atoms with Crippen LogP contribution >= 0.6 is 0 Å². The first kappa shape index (κ1) is 18.2. The van der Waals surface area contributed by atoms with Gasteiger partial charge in [0.15, 0.2) is 5.69 Å². The second-order valence-electron chi connectivity index (χ2n) is 7.08. The molecule has 1 aliphatic heterocycles. The SMILES string of the molecule is C=CC(=O)N1CCN(C(=O)c2cc(OC)n(-c3ccccc3F)n2)C2(CC2)C1. The molecule has 2 fully saturated rings. The minimum Gasteiger partial charge on any atom is -0.481 e. The summed E-state index contributed by atoms with van der Waals surface area (Å²) in [7, 11) is 1.45. The van der Waals surface area contributed by atoms with Crippen LogP contribution in [0.2, 0.25) is 0 Å². The largest absolute Gasteiger partial charge is 0.481 e. The Labute approximate surface area is 162 Å². The topological polar surface area (TPSA) is 67.7 Å². The van der Waals surface area contributed by atoms with Gasteiger partial charge >= 0.3 is 0 Å². The van der Waals surface area contributed by atoms with Crippen molar-refractivity contribution in [2.45, 2.75) is 18.4 Å². The zero-order valence-electron chi connectivity index (χ0n) is 15.6. The second kappa shape index (κ2) is 6.78. The number of ether oxygens (including phenoxy) is 1. The third kappa shape index (κ3) is 2.94. The van der Waals surface area contributed by atoms with Crippen LogP contribution in [0.4, 0.5) is 4.39 Å². The summed E-state index contributed by atoms with van der Waals surface area (Å²) in [5.41, 5.74) is 0.0547. The predicted molar refractivity (Wildman–Crippen MR) is 99.9 cm³/mol. The zero-order chi connectivity index (χ0) is 19.9. The molecule has 0 unspecified atom stereocenters. The van der Waals surface area contributed by atoms with E-state index in [1.807, 2.05) is 0 Å². The van der Waals surface area contributed by atoms with Gasteiger partial charge in [-0.1, -0.05) is 18.7 Å². The van der Waals surface area contributed by atoms with Gasteiger partial charge in [-0.05, 0) is 31.1 Å². The number of piperazine rings is 1. The lowest BCUT2D eigenvalue weighted by Gasteiger charge is -2.41. The molecule has 0 radical (unpaired) electrons. The quantitative estimate of drug-likeness (QED) is 0.757. The molecule has 1 aliphatic carbocycles. The summed E-state index contributed by atoms with van der Waals surface area (Å²) in [5, 5.41) is 4.31. The Morgan fingerprint density at radius 1 is 1.29 bits per heavy atom. The van der Waals surface area contributed by atoms with Crippen LogP contribution in [-0.4, -0.2) is 63.7 Å². The van der Waals surface area contributed by atoms with Crippen molar-refractivity contribution in [2.24, 2.45) is 0 Å². The molecule has 1 saturated carbocycles. The Morgan fingerprint density at radius 2 is 2.04 bits per heavy atom. The van der Waals surface area contributed by atoms with Gasteiger partial charge in [-0.25, -0.2) is 4.39 Å². The molecule has 0 atom stereocenters. The van der Waals surface area contributed by atoms with Gasteiger partial charge < -0.3 is 14.5 Å². The molecule has 1 spiro atoms. The minimum atomic E-state index is -0.460. The fourth-order valence-corrected chi connectivity index (χ4v) is 3.73. The Morgan fingerprint density at radius 3 is 2.68 bits per heavy atom. The molecule has 2 amide bonds. The lowest BCUT2D eigenvalue weighted by molar-refractivity contribution is -0.129. The minimum absolute atomic E-state index is 0.121. The molecule has 28 heavy (non-hydrogen) atoms. The molecule has 8 heteroatoms. The van der Waals surface area contributed by atoms with Gasteiger partial charge in [0.25, 0.3) is 5.91 Å². The van der Waals surface area contributed by atoms with Crippen molar-refractivity contribution < 1.29 is 18.7 Å². The van der Waals surface area contributed by atoms with E-state index >= 15 is 0 Å². The Kier molecular flexibility index (Phi) is 4.41. The van der Waals surface area contributed by atoms with Crippen LogP contribution in [0.3, 0.4) is 0 Å². The third-order valence-corrected chi connectivity index (χ3v) is 5.40. The third-order valence-electron chi connectivity index (χ3n) is 5.40. The van der Waals surface area contributed by atoms with Crippen molar-refractivity contribution in [3.63, 3.8) is 0 Å². The molecule has 7 nitrogen and oxygen atoms in total. The molecule has 0 bridgehead atoms. The number of hydrogen-bond donors (Lipinski definition) is 0. The van der Waals surface area contributed by atoms with Crippen LogP contribution in [0.25, 0.3) is 5.69 Å². The molecule has 1 aromatic carbocycles. The number of amides is 2. The van der Waals surface area contributed by atoms with E-state index in [0.717, 1.165) is 12.8 Å². The smallest absolute Gasteiger partial charge is 0.275 e. The van der Waals surface area contributed by atoms with Crippen molar-refractivity contribution >= 4 is 11.8 Å². The van der Waals surface area contributed by atoms with Gasteiger partial charge in [0, 0.05) is 25.7 Å². The maximum atomic E-state index is 14.2. The Bertz CT molecular complexity index is 951. The fourth-order valence-electron chi connectivity index (χ4n) is 3.73. The number of benzene rings is 1. The van der Waals surface area contributed by atoms with E-state index < -0.39 is 5.82 Å². The monoisotopic (exact) mass is 384 g/mol. The average Bonchev–Trinajstić information content (AvgIpc) is 3.33. The van der Waals surface area contributed by atoms with Gasteiger partial charge in [0.2, 0.25) is 11.8 Å². The van der Waals surface area contributed by atoms with Crippen LogP contribution < -0.4 is 4.74 Å². The van der Waals surface area contributed by atoms with Gasteiger partial charge in [-0.3, -0.25) is 9.59 Å². The highest BCUT2D eigenvalue weighted by Gasteiger charge is 2.54. The number of carbonyl (C=O) groups is 2. The van der Waals surface area contributed by atoms with Gasteiger partial charge in [-0.2, -0.15) is 9.78 Å². The molecule has 1 saturated heterocycles. The summed E-state index contributed by atoms with van der Waals surface area (Å²) < 4.78 is 20.8. The highest BCUT2D eigenvalue weighted by atomic mass is 19.1. The molecular weight excluding hydrogens is 363 g/mol. The zero-order valence-corrected chi connectivity index (χ0v) is 15.6. The molecule has 2 aromatic rings. The highest BCUT2D eigenvalue weighted by Crippen LogP contribution is 2.45. The van der Waals surface area contributed by atoms with Crippen molar-refractivity contribution in [2.75, 3.05) is 26.7 Å². The van der Waals surface area contributed by atoms with Crippen LogP contribution in [0.1, 0.15) is 23.3 Å². The number of hydrogen-bond acceptors (Lipinski definition) is 4. The van der Waals surface area contributed by atoms with Gasteiger partial charge in [0.1, 0.15) is 11.5 Å². The van der Waals surface area contributed by atoms with E-state index in [1.165, 1.54) is 30.0 Å². The summed E-state index contributed by atoms with van der Waals surface area (Å²) in [6.07, 6.45) is 2.98. The van der Waals surface area contributed by atoms with Gasteiger partial charge in [0.05, 0.1) is 12.6 Å². The highest BCUT2D eigenvalue weighted by molar-refractivity contribution is 5.94. The molecule has 0 N–H and O–H groups in total. The number of nitrogens with zero attached hydrogens (tertiary/aromatic N) is 4. The first-order chi connectivity index (χ1) is 13.5. The van der Waals surface area contributed by atoms with E-state index in [2.05, 4.69) is 11.7 Å². The molecule has 2 aliphatic rings. The number of aromatic nitrogens is 2. The molecular formula is C20H21FN4O3. The van der Waals surface area contributed by atoms with E-state index in [9.17, 15) is 14.0 Å². The lowest BCUT2D eigenvalue weighted by Crippen LogP contribution is -2.58. The van der Waals surface area contributed by atoms with Crippen LogP contribution in [-0.2, 0) is 4.79 Å². The Balaban J connectivity index is 1.62. The van der Waals surface area contributed by atoms with E-state index in [4.69, 9.17) is 4.74 Å². The number of carbonyl (C=O) groups excluding carboxylic acids is 2. The maximum absolute atomic E-state index is 14.2. The van der Waals surface area contributed by atoms with Crippen molar-refractivity contribution in [3.8, 4) is 11.6 Å². The molecule has 4 rings (SSSR count). The number of halogens is 1. The number of rotatable bonds is 4. The lowest BCUT2D eigenvalue weighted by atomic mass is 10.1. The van der Waals surface area contributed by atoms with E-state index in [-0.39, 0.29) is 34.6 Å².